The predicted octanol–water partition coefficient (Wildman–Crippen LogP) is 2.43. The summed E-state index contributed by atoms with van der Waals surface area (Å²) in [6, 6.07) is 8.38. The van der Waals surface area contributed by atoms with E-state index in [1.54, 1.807) is 12.1 Å². The van der Waals surface area contributed by atoms with E-state index < -0.39 is 0 Å². The van der Waals surface area contributed by atoms with Crippen molar-refractivity contribution in [1.29, 1.82) is 10.5 Å². The fourth-order valence-corrected chi connectivity index (χ4v) is 1.62. The molecule has 0 spiro atoms. The molecule has 0 fully saturated rings. The van der Waals surface area contributed by atoms with Crippen LogP contribution in [0.5, 0.6) is 0 Å². The van der Waals surface area contributed by atoms with E-state index in [0.717, 1.165) is 13.0 Å². The van der Waals surface area contributed by atoms with Gasteiger partial charge in [-0.15, -0.1) is 0 Å². The summed E-state index contributed by atoms with van der Waals surface area (Å²) in [5, 5.41) is 17.3. The van der Waals surface area contributed by atoms with E-state index in [-0.39, 0.29) is 12.4 Å². The van der Waals surface area contributed by atoms with Gasteiger partial charge in [0.15, 0.2) is 0 Å². The summed E-state index contributed by atoms with van der Waals surface area (Å²) < 4.78 is 13.6. The number of benzene rings is 1. The fourth-order valence-electron chi connectivity index (χ4n) is 1.62. The molecule has 0 N–H and O–H groups in total. The molecule has 0 unspecified atom stereocenters. The number of nitriles is 2. The van der Waals surface area contributed by atoms with Gasteiger partial charge in [-0.3, -0.25) is 4.90 Å². The summed E-state index contributed by atoms with van der Waals surface area (Å²) in [5.74, 6) is -0.386. The van der Waals surface area contributed by atoms with E-state index in [9.17, 15) is 4.39 Å². The van der Waals surface area contributed by atoms with E-state index in [4.69, 9.17) is 10.5 Å². The summed E-state index contributed by atoms with van der Waals surface area (Å²) >= 11 is 0. The minimum absolute atomic E-state index is 0.285. The first-order valence-electron chi connectivity index (χ1n) is 5.49. The topological polar surface area (TPSA) is 50.8 Å². The zero-order chi connectivity index (χ0) is 12.7. The minimum atomic E-state index is -0.386. The highest BCUT2D eigenvalue weighted by Crippen LogP contribution is 2.12. The van der Waals surface area contributed by atoms with E-state index >= 15 is 0 Å². The molecule has 0 aliphatic rings. The lowest BCUT2D eigenvalue weighted by atomic mass is 10.1. The van der Waals surface area contributed by atoms with Crippen LogP contribution in [0, 0.1) is 28.5 Å². The molecule has 1 aromatic carbocycles. The maximum atomic E-state index is 13.6. The molecule has 17 heavy (non-hydrogen) atoms. The average molecular weight is 231 g/mol. The Balaban J connectivity index is 2.80. The summed E-state index contributed by atoms with van der Waals surface area (Å²) in [7, 11) is 0. The second-order valence-electron chi connectivity index (χ2n) is 3.79. The molecular weight excluding hydrogens is 217 g/mol. The lowest BCUT2D eigenvalue weighted by molar-refractivity contribution is 0.294. The van der Waals surface area contributed by atoms with Crippen molar-refractivity contribution >= 4 is 0 Å². The van der Waals surface area contributed by atoms with Crippen LogP contribution in [0.4, 0.5) is 4.39 Å². The molecule has 1 rings (SSSR count). The average Bonchev–Trinajstić information content (AvgIpc) is 2.32. The molecular formula is C13H14FN3. The third-order valence-electron chi connectivity index (χ3n) is 2.41. The molecule has 0 heterocycles. The molecule has 0 atom stereocenters. The summed E-state index contributed by atoms with van der Waals surface area (Å²) in [4.78, 5) is 1.88. The van der Waals surface area contributed by atoms with Crippen LogP contribution >= 0.6 is 0 Å². The molecule has 0 saturated carbocycles. The van der Waals surface area contributed by atoms with Gasteiger partial charge >= 0.3 is 0 Å². The SMILES string of the molecule is CCCN(CC#N)Cc1ccc(C#N)cc1F. The van der Waals surface area contributed by atoms with Crippen LogP contribution < -0.4 is 0 Å². The maximum absolute atomic E-state index is 13.6. The third kappa shape index (κ3) is 3.86. The van der Waals surface area contributed by atoms with Crippen molar-refractivity contribution in [2.24, 2.45) is 0 Å². The second-order valence-corrected chi connectivity index (χ2v) is 3.79. The Bertz CT molecular complexity index is 457. The largest absolute Gasteiger partial charge is 0.286 e. The van der Waals surface area contributed by atoms with Crippen molar-refractivity contribution in [3.63, 3.8) is 0 Å². The second kappa shape index (κ2) is 6.62. The summed E-state index contributed by atoms with van der Waals surface area (Å²) in [5.41, 5.74) is 0.835. The van der Waals surface area contributed by atoms with Crippen LogP contribution in [0.25, 0.3) is 0 Å². The van der Waals surface area contributed by atoms with Gasteiger partial charge in [0.1, 0.15) is 5.82 Å². The van der Waals surface area contributed by atoms with E-state index in [1.165, 1.54) is 6.07 Å². The van der Waals surface area contributed by atoms with Gasteiger partial charge in [-0.2, -0.15) is 10.5 Å². The standard InChI is InChI=1S/C13H14FN3/c1-2-6-17(7-5-15)10-12-4-3-11(9-16)8-13(12)14/h3-4,8H,2,6-7,10H2,1H3. The van der Waals surface area contributed by atoms with Crippen molar-refractivity contribution in [2.75, 3.05) is 13.1 Å². The Kier molecular flexibility index (Phi) is 5.13. The van der Waals surface area contributed by atoms with Crippen LogP contribution in [0.3, 0.4) is 0 Å². The first-order chi connectivity index (χ1) is 8.21. The quantitative estimate of drug-likeness (QED) is 0.731. The highest BCUT2D eigenvalue weighted by molar-refractivity contribution is 5.32. The van der Waals surface area contributed by atoms with E-state index in [0.29, 0.717) is 17.7 Å². The van der Waals surface area contributed by atoms with E-state index in [2.05, 4.69) is 6.07 Å². The number of rotatable bonds is 5. The van der Waals surface area contributed by atoms with Crippen LogP contribution in [0.2, 0.25) is 0 Å². The Morgan fingerprint density at radius 2 is 2.12 bits per heavy atom. The van der Waals surface area contributed by atoms with Gasteiger partial charge in [0, 0.05) is 12.1 Å². The molecule has 4 heteroatoms. The highest BCUT2D eigenvalue weighted by Gasteiger charge is 2.09. The van der Waals surface area contributed by atoms with Crippen LogP contribution in [-0.4, -0.2) is 18.0 Å². The zero-order valence-corrected chi connectivity index (χ0v) is 9.78. The molecule has 0 radical (unpaired) electrons. The number of hydrogen-bond acceptors (Lipinski definition) is 3. The molecule has 0 aliphatic carbocycles. The smallest absolute Gasteiger partial charge is 0.129 e. The van der Waals surface area contributed by atoms with Crippen LogP contribution in [0.1, 0.15) is 24.5 Å². The monoisotopic (exact) mass is 231 g/mol. The number of halogens is 1. The third-order valence-corrected chi connectivity index (χ3v) is 2.41. The summed E-state index contributed by atoms with van der Waals surface area (Å²) in [6.45, 7) is 3.46. The molecule has 0 aliphatic heterocycles. The lowest BCUT2D eigenvalue weighted by Crippen LogP contribution is -2.24. The van der Waals surface area contributed by atoms with Gasteiger partial charge < -0.3 is 0 Å². The Morgan fingerprint density at radius 1 is 1.35 bits per heavy atom. The molecule has 3 nitrogen and oxygen atoms in total. The number of nitrogens with zero attached hydrogens (tertiary/aromatic N) is 3. The van der Waals surface area contributed by atoms with Gasteiger partial charge in [0.25, 0.3) is 0 Å². The van der Waals surface area contributed by atoms with Gasteiger partial charge in [-0.25, -0.2) is 4.39 Å². The molecule has 0 amide bonds. The number of hydrogen-bond donors (Lipinski definition) is 0. The minimum Gasteiger partial charge on any atom is -0.286 e. The van der Waals surface area contributed by atoms with Crippen molar-refractivity contribution < 1.29 is 4.39 Å². The maximum Gasteiger partial charge on any atom is 0.129 e. The normalized spacial score (nSPS) is 9.94. The van der Waals surface area contributed by atoms with Gasteiger partial charge in [-0.1, -0.05) is 13.0 Å². The Hall–Kier alpha value is -1.91. The highest BCUT2D eigenvalue weighted by atomic mass is 19.1. The van der Waals surface area contributed by atoms with Gasteiger partial charge in [0.2, 0.25) is 0 Å². The van der Waals surface area contributed by atoms with Crippen molar-refractivity contribution in [3.8, 4) is 12.1 Å². The molecule has 88 valence electrons. The van der Waals surface area contributed by atoms with Crippen molar-refractivity contribution in [3.05, 3.63) is 35.1 Å². The fraction of sp³-hybridized carbons (Fsp3) is 0.385. The van der Waals surface area contributed by atoms with Crippen molar-refractivity contribution in [2.45, 2.75) is 19.9 Å². The predicted molar refractivity (Wildman–Crippen MR) is 62.3 cm³/mol. The van der Waals surface area contributed by atoms with Crippen LogP contribution in [0.15, 0.2) is 18.2 Å². The Morgan fingerprint density at radius 3 is 2.65 bits per heavy atom. The van der Waals surface area contributed by atoms with E-state index in [1.807, 2.05) is 17.9 Å². The van der Waals surface area contributed by atoms with Gasteiger partial charge in [-0.05, 0) is 25.1 Å². The zero-order valence-electron chi connectivity index (χ0n) is 9.78. The molecule has 0 aromatic heterocycles. The van der Waals surface area contributed by atoms with Crippen LogP contribution in [-0.2, 0) is 6.54 Å². The lowest BCUT2D eigenvalue weighted by Gasteiger charge is -2.18. The van der Waals surface area contributed by atoms with Crippen molar-refractivity contribution in [1.82, 2.24) is 4.90 Å². The molecule has 1 aromatic rings. The first-order valence-corrected chi connectivity index (χ1v) is 5.49. The molecule has 0 saturated heterocycles. The molecule has 0 bridgehead atoms. The van der Waals surface area contributed by atoms with Gasteiger partial charge in [0.05, 0.1) is 24.2 Å². The summed E-state index contributed by atoms with van der Waals surface area (Å²) in [6.07, 6.45) is 0.916. The first kappa shape index (κ1) is 13.2. The Labute approximate surface area is 101 Å².